The first-order valence-electron chi connectivity index (χ1n) is 6.47. The fourth-order valence-electron chi connectivity index (χ4n) is 1.66. The van der Waals surface area contributed by atoms with Gasteiger partial charge in [0.2, 0.25) is 0 Å². The molecule has 1 aromatic rings. The minimum absolute atomic E-state index is 0.0634. The summed E-state index contributed by atoms with van der Waals surface area (Å²) in [5.74, 6) is -0.788. The first-order chi connectivity index (χ1) is 9.08. The molecule has 1 rings (SSSR count). The molecule has 0 spiro atoms. The molecule has 0 heterocycles. The van der Waals surface area contributed by atoms with Gasteiger partial charge < -0.3 is 4.74 Å². The van der Waals surface area contributed by atoms with Crippen LogP contribution in [0.3, 0.4) is 0 Å². The van der Waals surface area contributed by atoms with Gasteiger partial charge in [-0.15, -0.1) is 11.8 Å². The van der Waals surface area contributed by atoms with Crippen LogP contribution in [0.2, 0.25) is 0 Å². The third-order valence-corrected chi connectivity index (χ3v) is 3.80. The zero-order valence-electron chi connectivity index (χ0n) is 11.6. The molecule has 0 amide bonds. The van der Waals surface area contributed by atoms with Crippen LogP contribution in [0.25, 0.3) is 0 Å². The molecule has 0 fully saturated rings. The number of Topliss-reactive ketones (excluding diaryl/α,β-unsaturated/α-hetero) is 1. The normalized spacial score (nSPS) is 11.9. The van der Waals surface area contributed by atoms with Crippen LogP contribution in [0.1, 0.15) is 25.8 Å². The monoisotopic (exact) mass is 280 g/mol. The number of carbonyl (C=O) groups excluding carboxylic acids is 2. The molecule has 1 aromatic carbocycles. The van der Waals surface area contributed by atoms with Gasteiger partial charge in [0.15, 0.2) is 5.78 Å². The third kappa shape index (κ3) is 5.07. The van der Waals surface area contributed by atoms with Crippen LogP contribution in [0, 0.1) is 12.8 Å². The van der Waals surface area contributed by atoms with Crippen molar-refractivity contribution < 1.29 is 14.3 Å². The number of carbonyl (C=O) groups is 2. The smallest absolute Gasteiger partial charge is 0.316 e. The number of benzene rings is 1. The Morgan fingerprint density at radius 1 is 1.21 bits per heavy atom. The zero-order valence-corrected chi connectivity index (χ0v) is 12.5. The Hall–Kier alpha value is -1.29. The maximum Gasteiger partial charge on any atom is 0.316 e. The first-order valence-corrected chi connectivity index (χ1v) is 7.45. The largest absolute Gasteiger partial charge is 0.465 e. The molecule has 1 unspecified atom stereocenters. The highest BCUT2D eigenvalue weighted by Crippen LogP contribution is 2.20. The van der Waals surface area contributed by atoms with Gasteiger partial charge in [0.25, 0.3) is 0 Å². The van der Waals surface area contributed by atoms with E-state index in [0.717, 1.165) is 4.90 Å². The van der Waals surface area contributed by atoms with Gasteiger partial charge in [0, 0.05) is 4.90 Å². The summed E-state index contributed by atoms with van der Waals surface area (Å²) in [4.78, 5) is 24.7. The number of esters is 1. The highest BCUT2D eigenvalue weighted by molar-refractivity contribution is 8.00. The van der Waals surface area contributed by atoms with Crippen molar-refractivity contribution in [3.05, 3.63) is 29.8 Å². The Balaban J connectivity index is 2.53. The molecular weight excluding hydrogens is 260 g/mol. The lowest BCUT2D eigenvalue weighted by molar-refractivity contribution is -0.151. The molecule has 0 aliphatic carbocycles. The molecule has 0 radical (unpaired) electrons. The second kappa shape index (κ2) is 8.00. The first kappa shape index (κ1) is 15.8. The van der Waals surface area contributed by atoms with E-state index >= 15 is 0 Å². The molecular formula is C15H20O3S. The van der Waals surface area contributed by atoms with Gasteiger partial charge in [0.1, 0.15) is 5.92 Å². The van der Waals surface area contributed by atoms with Crippen LogP contribution in [0.15, 0.2) is 29.2 Å². The zero-order chi connectivity index (χ0) is 14.3. The Morgan fingerprint density at radius 2 is 1.84 bits per heavy atom. The summed E-state index contributed by atoms with van der Waals surface area (Å²) < 4.78 is 4.91. The SMILES string of the molecule is CCOC(=O)C(CC)C(=O)CSc1ccc(C)cc1. The molecule has 19 heavy (non-hydrogen) atoms. The van der Waals surface area contributed by atoms with Crippen molar-refractivity contribution in [3.63, 3.8) is 0 Å². The third-order valence-electron chi connectivity index (χ3n) is 2.77. The lowest BCUT2D eigenvalue weighted by Gasteiger charge is -2.12. The van der Waals surface area contributed by atoms with Gasteiger partial charge >= 0.3 is 5.97 Å². The van der Waals surface area contributed by atoms with E-state index in [1.807, 2.05) is 38.1 Å². The van der Waals surface area contributed by atoms with E-state index in [1.54, 1.807) is 6.92 Å². The van der Waals surface area contributed by atoms with E-state index < -0.39 is 11.9 Å². The van der Waals surface area contributed by atoms with Crippen molar-refractivity contribution in [1.29, 1.82) is 0 Å². The van der Waals surface area contributed by atoms with Gasteiger partial charge in [0.05, 0.1) is 12.4 Å². The van der Waals surface area contributed by atoms with Crippen molar-refractivity contribution in [2.24, 2.45) is 5.92 Å². The van der Waals surface area contributed by atoms with E-state index in [1.165, 1.54) is 17.3 Å². The fraction of sp³-hybridized carbons (Fsp3) is 0.467. The molecule has 1 atom stereocenters. The number of ketones is 1. The van der Waals surface area contributed by atoms with Crippen molar-refractivity contribution in [2.75, 3.05) is 12.4 Å². The van der Waals surface area contributed by atoms with Crippen molar-refractivity contribution in [1.82, 2.24) is 0 Å². The van der Waals surface area contributed by atoms with E-state index in [0.29, 0.717) is 18.8 Å². The minimum atomic E-state index is -0.627. The maximum absolute atomic E-state index is 12.0. The highest BCUT2D eigenvalue weighted by atomic mass is 32.2. The number of hydrogen-bond donors (Lipinski definition) is 0. The molecule has 0 aliphatic rings. The van der Waals surface area contributed by atoms with Gasteiger partial charge in [-0.3, -0.25) is 9.59 Å². The summed E-state index contributed by atoms with van der Waals surface area (Å²) in [6, 6.07) is 7.99. The fourth-order valence-corrected chi connectivity index (χ4v) is 2.50. The van der Waals surface area contributed by atoms with E-state index in [4.69, 9.17) is 4.74 Å². The van der Waals surface area contributed by atoms with Crippen molar-refractivity contribution in [3.8, 4) is 0 Å². The van der Waals surface area contributed by atoms with Crippen molar-refractivity contribution in [2.45, 2.75) is 32.1 Å². The Bertz CT molecular complexity index is 426. The van der Waals surface area contributed by atoms with Crippen LogP contribution in [0.4, 0.5) is 0 Å². The number of thioether (sulfide) groups is 1. The molecule has 0 saturated carbocycles. The van der Waals surface area contributed by atoms with Gasteiger partial charge in [-0.25, -0.2) is 0 Å². The molecule has 0 saturated heterocycles. The summed E-state index contributed by atoms with van der Waals surface area (Å²) in [6.07, 6.45) is 0.492. The highest BCUT2D eigenvalue weighted by Gasteiger charge is 2.25. The number of hydrogen-bond acceptors (Lipinski definition) is 4. The maximum atomic E-state index is 12.0. The van der Waals surface area contributed by atoms with E-state index in [9.17, 15) is 9.59 Å². The summed E-state index contributed by atoms with van der Waals surface area (Å²) in [5, 5.41) is 0. The topological polar surface area (TPSA) is 43.4 Å². The van der Waals surface area contributed by atoms with Crippen LogP contribution < -0.4 is 0 Å². The van der Waals surface area contributed by atoms with Gasteiger partial charge in [-0.05, 0) is 32.4 Å². The van der Waals surface area contributed by atoms with Crippen LogP contribution in [-0.4, -0.2) is 24.1 Å². The minimum Gasteiger partial charge on any atom is -0.465 e. The van der Waals surface area contributed by atoms with Gasteiger partial charge in [-0.2, -0.15) is 0 Å². The molecule has 0 aliphatic heterocycles. The average Bonchev–Trinajstić information content (AvgIpc) is 2.39. The number of rotatable bonds is 7. The molecule has 104 valence electrons. The summed E-state index contributed by atoms with van der Waals surface area (Å²) in [6.45, 7) is 5.91. The summed E-state index contributed by atoms with van der Waals surface area (Å²) in [7, 11) is 0. The Labute approximate surface area is 118 Å². The van der Waals surface area contributed by atoms with Crippen LogP contribution in [-0.2, 0) is 14.3 Å². The lowest BCUT2D eigenvalue weighted by atomic mass is 10.0. The van der Waals surface area contributed by atoms with Crippen LogP contribution in [0.5, 0.6) is 0 Å². The standard InChI is InChI=1S/C15H20O3S/c1-4-13(15(17)18-5-2)14(16)10-19-12-8-6-11(3)7-9-12/h6-9,13H,4-5,10H2,1-3H3. The predicted octanol–water partition coefficient (Wildman–Crippen LogP) is 3.25. The lowest BCUT2D eigenvalue weighted by Crippen LogP contribution is -2.27. The molecule has 0 N–H and O–H groups in total. The van der Waals surface area contributed by atoms with Crippen LogP contribution >= 0.6 is 11.8 Å². The second-order valence-electron chi connectivity index (χ2n) is 4.28. The quantitative estimate of drug-likeness (QED) is 0.437. The number of aryl methyl sites for hydroxylation is 1. The average molecular weight is 280 g/mol. The summed E-state index contributed by atoms with van der Waals surface area (Å²) in [5.41, 5.74) is 1.19. The van der Waals surface area contributed by atoms with E-state index in [-0.39, 0.29) is 5.78 Å². The molecule has 0 bridgehead atoms. The number of ether oxygens (including phenoxy) is 1. The van der Waals surface area contributed by atoms with Crippen molar-refractivity contribution >= 4 is 23.5 Å². The Kier molecular flexibility index (Phi) is 6.64. The van der Waals surface area contributed by atoms with Gasteiger partial charge in [-0.1, -0.05) is 24.6 Å². The van der Waals surface area contributed by atoms with E-state index in [2.05, 4.69) is 0 Å². The second-order valence-corrected chi connectivity index (χ2v) is 5.33. The molecule has 0 aromatic heterocycles. The molecule has 4 heteroatoms. The Morgan fingerprint density at radius 3 is 2.37 bits per heavy atom. The predicted molar refractivity (Wildman–Crippen MR) is 77.3 cm³/mol. The molecule has 3 nitrogen and oxygen atoms in total. The summed E-state index contributed by atoms with van der Waals surface area (Å²) >= 11 is 1.46.